The molecule has 2 heterocycles. The smallest absolute Gasteiger partial charge is 0.225 e. The molecule has 2 rings (SSSR count). The van der Waals surface area contributed by atoms with Crippen LogP contribution in [0.25, 0.3) is 0 Å². The van der Waals surface area contributed by atoms with Crippen LogP contribution in [0, 0.1) is 11.8 Å². The van der Waals surface area contributed by atoms with E-state index in [-0.39, 0.29) is 24.5 Å². The van der Waals surface area contributed by atoms with Crippen molar-refractivity contribution in [2.75, 3.05) is 13.2 Å². The van der Waals surface area contributed by atoms with Crippen LogP contribution in [0.3, 0.4) is 0 Å². The fraction of sp³-hybridized carbons (Fsp3) is 0.929. The number of aliphatic hydroxyl groups excluding tert-OH is 1. The van der Waals surface area contributed by atoms with E-state index >= 15 is 0 Å². The second-order valence-corrected chi connectivity index (χ2v) is 5.63. The number of hydrogen-bond acceptors (Lipinski definition) is 3. The number of hydrogen-bond donors (Lipinski definition) is 2. The zero-order chi connectivity index (χ0) is 13.0. The second kappa shape index (κ2) is 6.53. The summed E-state index contributed by atoms with van der Waals surface area (Å²) in [6.07, 6.45) is 6.49. The number of amides is 1. The Morgan fingerprint density at radius 1 is 1.44 bits per heavy atom. The highest BCUT2D eigenvalue weighted by Crippen LogP contribution is 2.38. The molecule has 2 bridgehead atoms. The van der Waals surface area contributed by atoms with Crippen molar-refractivity contribution in [1.82, 2.24) is 5.32 Å². The van der Waals surface area contributed by atoms with Crippen molar-refractivity contribution in [2.24, 2.45) is 11.8 Å². The van der Waals surface area contributed by atoms with Gasteiger partial charge in [0.05, 0.1) is 18.1 Å². The molecule has 104 valence electrons. The van der Waals surface area contributed by atoms with Crippen LogP contribution in [0.4, 0.5) is 0 Å². The molecule has 2 saturated heterocycles. The summed E-state index contributed by atoms with van der Waals surface area (Å²) in [7, 11) is 0. The van der Waals surface area contributed by atoms with E-state index in [0.717, 1.165) is 38.5 Å². The number of nitrogens with one attached hydrogen (secondary N) is 1. The van der Waals surface area contributed by atoms with Crippen molar-refractivity contribution in [2.45, 2.75) is 57.7 Å². The average Bonchev–Trinajstić information content (AvgIpc) is 2.98. The number of ether oxygens (including phenoxy) is 1. The molecule has 0 aromatic carbocycles. The lowest BCUT2D eigenvalue weighted by molar-refractivity contribution is -0.126. The lowest BCUT2D eigenvalue weighted by atomic mass is 9.88. The third-order valence-corrected chi connectivity index (χ3v) is 4.24. The minimum Gasteiger partial charge on any atom is -0.396 e. The van der Waals surface area contributed by atoms with Crippen LogP contribution >= 0.6 is 0 Å². The first kappa shape index (κ1) is 13.8. The van der Waals surface area contributed by atoms with Crippen molar-refractivity contribution in [3.63, 3.8) is 0 Å². The van der Waals surface area contributed by atoms with E-state index in [1.54, 1.807) is 0 Å². The number of fused-ring (bicyclic) bond motifs is 2. The van der Waals surface area contributed by atoms with Gasteiger partial charge in [0.1, 0.15) is 0 Å². The van der Waals surface area contributed by atoms with Crippen LogP contribution in [0.1, 0.15) is 45.4 Å². The van der Waals surface area contributed by atoms with Gasteiger partial charge in [-0.05, 0) is 38.0 Å². The van der Waals surface area contributed by atoms with E-state index in [1.807, 2.05) is 0 Å². The lowest BCUT2D eigenvalue weighted by Crippen LogP contribution is -2.38. The molecule has 0 radical (unpaired) electrons. The summed E-state index contributed by atoms with van der Waals surface area (Å²) in [5.74, 6) is 0.629. The molecular weight excluding hydrogens is 230 g/mol. The van der Waals surface area contributed by atoms with Gasteiger partial charge in [-0.3, -0.25) is 4.79 Å². The SMILES string of the molecule is CCCC(CCO)CNC(=O)C1CC2CCC1O2. The topological polar surface area (TPSA) is 58.6 Å². The van der Waals surface area contributed by atoms with Gasteiger partial charge in [0.15, 0.2) is 0 Å². The van der Waals surface area contributed by atoms with Crippen LogP contribution in [0.5, 0.6) is 0 Å². The van der Waals surface area contributed by atoms with E-state index in [1.165, 1.54) is 0 Å². The maximum absolute atomic E-state index is 12.1. The Kier molecular flexibility index (Phi) is 5.01. The third-order valence-electron chi connectivity index (χ3n) is 4.24. The first-order valence-electron chi connectivity index (χ1n) is 7.28. The Hall–Kier alpha value is -0.610. The molecule has 0 spiro atoms. The van der Waals surface area contributed by atoms with Crippen molar-refractivity contribution >= 4 is 5.91 Å². The highest BCUT2D eigenvalue weighted by Gasteiger charge is 2.44. The molecule has 18 heavy (non-hydrogen) atoms. The van der Waals surface area contributed by atoms with Gasteiger partial charge in [-0.15, -0.1) is 0 Å². The van der Waals surface area contributed by atoms with E-state index in [0.29, 0.717) is 18.6 Å². The van der Waals surface area contributed by atoms with Gasteiger partial charge >= 0.3 is 0 Å². The molecule has 2 N–H and O–H groups in total. The molecule has 0 aromatic rings. The van der Waals surface area contributed by atoms with Crippen LogP contribution in [0.15, 0.2) is 0 Å². The fourth-order valence-electron chi connectivity index (χ4n) is 3.23. The van der Waals surface area contributed by atoms with Crippen LogP contribution in [0.2, 0.25) is 0 Å². The molecule has 2 fully saturated rings. The Balaban J connectivity index is 1.73. The summed E-state index contributed by atoms with van der Waals surface area (Å²) >= 11 is 0. The Morgan fingerprint density at radius 2 is 2.28 bits per heavy atom. The molecule has 2 aliphatic rings. The Morgan fingerprint density at radius 3 is 2.83 bits per heavy atom. The van der Waals surface area contributed by atoms with Gasteiger partial charge in [0.2, 0.25) is 5.91 Å². The lowest BCUT2D eigenvalue weighted by Gasteiger charge is -2.21. The molecule has 0 saturated carbocycles. The Labute approximate surface area is 109 Å². The zero-order valence-corrected chi connectivity index (χ0v) is 11.2. The number of carbonyl (C=O) groups is 1. The summed E-state index contributed by atoms with van der Waals surface area (Å²) in [4.78, 5) is 12.1. The van der Waals surface area contributed by atoms with Gasteiger partial charge in [-0.1, -0.05) is 13.3 Å². The van der Waals surface area contributed by atoms with Crippen molar-refractivity contribution in [3.05, 3.63) is 0 Å². The maximum Gasteiger partial charge on any atom is 0.225 e. The van der Waals surface area contributed by atoms with Gasteiger partial charge in [0, 0.05) is 13.2 Å². The summed E-state index contributed by atoms with van der Waals surface area (Å²) < 4.78 is 5.71. The summed E-state index contributed by atoms with van der Waals surface area (Å²) in [5.41, 5.74) is 0. The zero-order valence-electron chi connectivity index (χ0n) is 11.2. The van der Waals surface area contributed by atoms with Gasteiger partial charge < -0.3 is 15.2 Å². The molecule has 1 amide bonds. The molecule has 4 unspecified atom stereocenters. The molecular formula is C14H25NO3. The van der Waals surface area contributed by atoms with Crippen LogP contribution in [-0.2, 0) is 9.53 Å². The van der Waals surface area contributed by atoms with Gasteiger partial charge in [0.25, 0.3) is 0 Å². The normalized spacial score (nSPS) is 31.6. The van der Waals surface area contributed by atoms with Crippen molar-refractivity contribution < 1.29 is 14.6 Å². The number of carbonyl (C=O) groups excluding carboxylic acids is 1. The second-order valence-electron chi connectivity index (χ2n) is 5.63. The molecule has 4 atom stereocenters. The first-order chi connectivity index (χ1) is 8.74. The monoisotopic (exact) mass is 255 g/mol. The van der Waals surface area contributed by atoms with E-state index in [2.05, 4.69) is 12.2 Å². The predicted molar refractivity (Wildman–Crippen MR) is 69.1 cm³/mol. The van der Waals surface area contributed by atoms with Crippen molar-refractivity contribution in [3.8, 4) is 0 Å². The van der Waals surface area contributed by atoms with E-state index in [9.17, 15) is 4.79 Å². The highest BCUT2D eigenvalue weighted by atomic mass is 16.5. The molecule has 0 aliphatic carbocycles. The summed E-state index contributed by atoms with van der Waals surface area (Å²) in [6, 6.07) is 0. The standard InChI is InChI=1S/C14H25NO3/c1-2-3-10(6-7-16)9-15-14(17)12-8-11-4-5-13(12)18-11/h10-13,16H,2-9H2,1H3,(H,15,17). The quantitative estimate of drug-likeness (QED) is 0.724. The van der Waals surface area contributed by atoms with E-state index < -0.39 is 0 Å². The minimum atomic E-state index is 0.0696. The first-order valence-corrected chi connectivity index (χ1v) is 7.28. The average molecular weight is 255 g/mol. The summed E-state index contributed by atoms with van der Waals surface area (Å²) in [6.45, 7) is 3.04. The van der Waals surface area contributed by atoms with E-state index in [4.69, 9.17) is 9.84 Å². The van der Waals surface area contributed by atoms with Crippen molar-refractivity contribution in [1.29, 1.82) is 0 Å². The largest absolute Gasteiger partial charge is 0.396 e. The summed E-state index contributed by atoms with van der Waals surface area (Å²) in [5, 5.41) is 12.0. The van der Waals surface area contributed by atoms with Gasteiger partial charge in [-0.2, -0.15) is 0 Å². The minimum absolute atomic E-state index is 0.0696. The number of aliphatic hydroxyl groups is 1. The molecule has 0 aromatic heterocycles. The highest BCUT2D eigenvalue weighted by molar-refractivity contribution is 5.79. The molecule has 2 aliphatic heterocycles. The third kappa shape index (κ3) is 3.23. The van der Waals surface area contributed by atoms with Crippen LogP contribution < -0.4 is 5.32 Å². The maximum atomic E-state index is 12.1. The fourth-order valence-corrected chi connectivity index (χ4v) is 3.23. The number of rotatable bonds is 7. The molecule has 4 nitrogen and oxygen atoms in total. The Bertz CT molecular complexity index is 276. The molecule has 4 heteroatoms. The van der Waals surface area contributed by atoms with Crippen LogP contribution in [-0.4, -0.2) is 36.4 Å². The predicted octanol–water partition coefficient (Wildman–Crippen LogP) is 1.47. The van der Waals surface area contributed by atoms with Gasteiger partial charge in [-0.25, -0.2) is 0 Å².